The largest absolute Gasteiger partial charge is 0.313 e. The number of fused-ring (bicyclic) bond motifs is 1. The summed E-state index contributed by atoms with van der Waals surface area (Å²) in [6.45, 7) is 4.69. The molecule has 1 N–H and O–H groups in total. The molecule has 2 aliphatic rings. The van der Waals surface area contributed by atoms with Crippen LogP contribution in [0.15, 0.2) is 6.20 Å². The van der Waals surface area contributed by atoms with Gasteiger partial charge in [-0.25, -0.2) is 9.97 Å². The highest BCUT2D eigenvalue weighted by Crippen LogP contribution is 2.40. The second kappa shape index (κ2) is 4.86. The van der Waals surface area contributed by atoms with Crippen LogP contribution in [0.5, 0.6) is 0 Å². The first-order valence-electron chi connectivity index (χ1n) is 7.62. The van der Waals surface area contributed by atoms with Crippen molar-refractivity contribution in [3.8, 4) is 0 Å². The van der Waals surface area contributed by atoms with E-state index in [4.69, 9.17) is 4.98 Å². The van der Waals surface area contributed by atoms with Crippen LogP contribution in [0.3, 0.4) is 0 Å². The fourth-order valence-electron chi connectivity index (χ4n) is 3.70. The molecule has 19 heavy (non-hydrogen) atoms. The van der Waals surface area contributed by atoms with E-state index in [0.29, 0.717) is 17.4 Å². The molecule has 0 amide bonds. The highest BCUT2D eigenvalue weighted by Gasteiger charge is 2.33. The highest BCUT2D eigenvalue weighted by atomic mass is 14.9. The fourth-order valence-corrected chi connectivity index (χ4v) is 3.70. The van der Waals surface area contributed by atoms with Gasteiger partial charge < -0.3 is 5.32 Å². The Kier molecular flexibility index (Phi) is 3.34. The zero-order valence-corrected chi connectivity index (χ0v) is 12.4. The van der Waals surface area contributed by atoms with Crippen LogP contribution in [-0.4, -0.2) is 17.0 Å². The molecule has 1 heterocycles. The molecule has 0 aromatic carbocycles. The number of hydrogen-bond acceptors (Lipinski definition) is 3. The molecule has 1 fully saturated rings. The Hall–Kier alpha value is -0.960. The summed E-state index contributed by atoms with van der Waals surface area (Å²) in [4.78, 5) is 9.61. The molecule has 1 unspecified atom stereocenters. The van der Waals surface area contributed by atoms with E-state index >= 15 is 0 Å². The van der Waals surface area contributed by atoms with Crippen LogP contribution >= 0.6 is 0 Å². The summed E-state index contributed by atoms with van der Waals surface area (Å²) in [7, 11) is 2.04. The molecule has 1 aromatic heterocycles. The molecule has 0 spiro atoms. The van der Waals surface area contributed by atoms with Gasteiger partial charge in [-0.05, 0) is 38.1 Å². The maximum absolute atomic E-state index is 4.94. The van der Waals surface area contributed by atoms with E-state index in [1.54, 1.807) is 0 Å². The van der Waals surface area contributed by atoms with Crippen molar-refractivity contribution in [2.75, 3.05) is 7.05 Å². The van der Waals surface area contributed by atoms with Gasteiger partial charge in [0.05, 0.1) is 0 Å². The lowest BCUT2D eigenvalue weighted by molar-refractivity contribution is 0.259. The van der Waals surface area contributed by atoms with Crippen LogP contribution in [-0.2, 0) is 6.42 Å². The molecule has 0 aliphatic heterocycles. The number of hydrogen-bond donors (Lipinski definition) is 1. The van der Waals surface area contributed by atoms with Gasteiger partial charge >= 0.3 is 0 Å². The van der Waals surface area contributed by atoms with Crippen LogP contribution in [0.1, 0.15) is 75.0 Å². The van der Waals surface area contributed by atoms with Crippen molar-refractivity contribution in [3.05, 3.63) is 23.3 Å². The molecule has 3 nitrogen and oxygen atoms in total. The van der Waals surface area contributed by atoms with Crippen LogP contribution in [0.2, 0.25) is 0 Å². The summed E-state index contributed by atoms with van der Waals surface area (Å²) < 4.78 is 0. The molecule has 3 rings (SSSR count). The quantitative estimate of drug-likeness (QED) is 0.885. The number of aromatic nitrogens is 2. The maximum atomic E-state index is 4.94. The average Bonchev–Trinajstić information content (AvgIpc) is 2.89. The summed E-state index contributed by atoms with van der Waals surface area (Å²) in [6, 6.07) is 0.413. The maximum Gasteiger partial charge on any atom is 0.131 e. The summed E-state index contributed by atoms with van der Waals surface area (Å²) in [5.41, 5.74) is 2.94. The molecule has 0 radical (unpaired) electrons. The van der Waals surface area contributed by atoms with E-state index < -0.39 is 0 Å². The molecule has 1 aromatic rings. The number of nitrogens with one attached hydrogen (secondary N) is 1. The molecule has 2 aliphatic carbocycles. The lowest BCUT2D eigenvalue weighted by Crippen LogP contribution is -2.33. The molecule has 3 heteroatoms. The normalized spacial score (nSPS) is 26.4. The van der Waals surface area contributed by atoms with Crippen molar-refractivity contribution in [1.29, 1.82) is 0 Å². The predicted octanol–water partition coefficient (Wildman–Crippen LogP) is 3.37. The van der Waals surface area contributed by atoms with Gasteiger partial charge in [-0.3, -0.25) is 0 Å². The Balaban J connectivity index is 1.94. The standard InChI is InChI=1S/C16H25N3/c1-16(2)8-13(17-3)12-10-18-15(19-14(12)9-16)11-6-4-5-7-11/h10-11,13,17H,4-9H2,1-3H3. The predicted molar refractivity (Wildman–Crippen MR) is 77.1 cm³/mol. The molecule has 0 bridgehead atoms. The van der Waals surface area contributed by atoms with Crippen molar-refractivity contribution in [2.24, 2.45) is 5.41 Å². The minimum Gasteiger partial charge on any atom is -0.313 e. The first-order valence-corrected chi connectivity index (χ1v) is 7.62. The topological polar surface area (TPSA) is 37.8 Å². The van der Waals surface area contributed by atoms with Crippen molar-refractivity contribution in [2.45, 2.75) is 64.3 Å². The van der Waals surface area contributed by atoms with E-state index in [1.165, 1.54) is 43.4 Å². The summed E-state index contributed by atoms with van der Waals surface area (Å²) in [5, 5.41) is 3.42. The van der Waals surface area contributed by atoms with Gasteiger partial charge in [-0.2, -0.15) is 0 Å². The highest BCUT2D eigenvalue weighted by molar-refractivity contribution is 5.27. The lowest BCUT2D eigenvalue weighted by Gasteiger charge is -2.36. The van der Waals surface area contributed by atoms with Gasteiger partial charge in [0, 0.05) is 29.4 Å². The second-order valence-electron chi connectivity index (χ2n) is 7.00. The van der Waals surface area contributed by atoms with Crippen molar-refractivity contribution in [1.82, 2.24) is 15.3 Å². The Labute approximate surface area is 116 Å². The Bertz CT molecular complexity index is 461. The van der Waals surface area contributed by atoms with E-state index in [2.05, 4.69) is 30.3 Å². The monoisotopic (exact) mass is 259 g/mol. The zero-order valence-electron chi connectivity index (χ0n) is 12.4. The van der Waals surface area contributed by atoms with Crippen molar-refractivity contribution >= 4 is 0 Å². The third-order valence-corrected chi connectivity index (χ3v) is 4.77. The van der Waals surface area contributed by atoms with Gasteiger partial charge in [-0.1, -0.05) is 26.7 Å². The number of nitrogens with zero attached hydrogens (tertiary/aromatic N) is 2. The Morgan fingerprint density at radius 2 is 2.00 bits per heavy atom. The first kappa shape index (κ1) is 13.0. The summed E-state index contributed by atoms with van der Waals surface area (Å²) in [6.07, 6.45) is 9.58. The smallest absolute Gasteiger partial charge is 0.131 e. The minimum atomic E-state index is 0.335. The van der Waals surface area contributed by atoms with Gasteiger partial charge in [0.25, 0.3) is 0 Å². The molecule has 0 saturated heterocycles. The molecule has 104 valence electrons. The van der Waals surface area contributed by atoms with E-state index in [9.17, 15) is 0 Å². The fraction of sp³-hybridized carbons (Fsp3) is 0.750. The third-order valence-electron chi connectivity index (χ3n) is 4.77. The van der Waals surface area contributed by atoms with Crippen molar-refractivity contribution < 1.29 is 0 Å². The average molecular weight is 259 g/mol. The summed E-state index contributed by atoms with van der Waals surface area (Å²) >= 11 is 0. The molecular weight excluding hydrogens is 234 g/mol. The van der Waals surface area contributed by atoms with E-state index in [-0.39, 0.29) is 0 Å². The van der Waals surface area contributed by atoms with E-state index in [0.717, 1.165) is 12.2 Å². The van der Waals surface area contributed by atoms with Gasteiger partial charge in [-0.15, -0.1) is 0 Å². The van der Waals surface area contributed by atoms with Gasteiger partial charge in [0.2, 0.25) is 0 Å². The zero-order chi connectivity index (χ0) is 13.5. The van der Waals surface area contributed by atoms with Crippen LogP contribution in [0.25, 0.3) is 0 Å². The third kappa shape index (κ3) is 2.53. The number of rotatable bonds is 2. The van der Waals surface area contributed by atoms with Crippen LogP contribution in [0.4, 0.5) is 0 Å². The van der Waals surface area contributed by atoms with Crippen LogP contribution < -0.4 is 5.32 Å². The SMILES string of the molecule is CNC1CC(C)(C)Cc2nc(C3CCCC3)ncc21. The molecular formula is C16H25N3. The van der Waals surface area contributed by atoms with E-state index in [1.807, 2.05) is 7.05 Å². The molecule has 1 atom stereocenters. The second-order valence-corrected chi connectivity index (χ2v) is 7.00. The van der Waals surface area contributed by atoms with Gasteiger partial charge in [0.1, 0.15) is 5.82 Å². The van der Waals surface area contributed by atoms with Gasteiger partial charge in [0.15, 0.2) is 0 Å². The Morgan fingerprint density at radius 3 is 2.68 bits per heavy atom. The first-order chi connectivity index (χ1) is 9.09. The molecule has 1 saturated carbocycles. The summed E-state index contributed by atoms with van der Waals surface area (Å²) in [5.74, 6) is 1.71. The van der Waals surface area contributed by atoms with Crippen molar-refractivity contribution in [3.63, 3.8) is 0 Å². The Morgan fingerprint density at radius 1 is 1.26 bits per heavy atom. The minimum absolute atomic E-state index is 0.335. The van der Waals surface area contributed by atoms with Crippen LogP contribution in [0, 0.1) is 5.41 Å². The lowest BCUT2D eigenvalue weighted by atomic mass is 9.74.